The van der Waals surface area contributed by atoms with E-state index in [0.29, 0.717) is 26.1 Å². The molecule has 0 N–H and O–H groups in total. The van der Waals surface area contributed by atoms with Crippen molar-refractivity contribution >= 4 is 17.8 Å². The molecule has 6 heteroatoms. The average Bonchev–Trinajstić information content (AvgIpc) is 3.23. The lowest BCUT2D eigenvalue weighted by Crippen LogP contribution is -2.46. The van der Waals surface area contributed by atoms with Crippen molar-refractivity contribution in [2.45, 2.75) is 44.8 Å². The largest absolute Gasteiger partial charge is 0.336 e. The maximum Gasteiger partial charge on any atom is 0.328 e. The number of carbonyl (C=O) groups is 3. The number of imide groups is 1. The van der Waals surface area contributed by atoms with E-state index in [-0.39, 0.29) is 23.9 Å². The fourth-order valence-corrected chi connectivity index (χ4v) is 3.97. The maximum atomic E-state index is 12.7. The number of rotatable bonds is 3. The lowest BCUT2D eigenvalue weighted by molar-refractivity contribution is -0.138. The lowest BCUT2D eigenvalue weighted by Gasteiger charge is -2.22. The number of amides is 4. The molecule has 0 spiro atoms. The highest BCUT2D eigenvalue weighted by atomic mass is 16.2. The molecule has 3 heterocycles. The van der Waals surface area contributed by atoms with Gasteiger partial charge in [-0.15, -0.1) is 0 Å². The minimum absolute atomic E-state index is 0.113. The number of nitrogens with zero attached hydrogens (tertiary/aromatic N) is 3. The predicted molar refractivity (Wildman–Crippen MR) is 87.0 cm³/mol. The second-order valence-corrected chi connectivity index (χ2v) is 6.89. The Kier molecular flexibility index (Phi) is 3.55. The SMILES string of the molecule is Cc1ccc(CN2CCC(N3C(=O)C4CCCN4C3=O)C2=O)cc1. The van der Waals surface area contributed by atoms with E-state index in [2.05, 4.69) is 0 Å². The molecule has 24 heavy (non-hydrogen) atoms. The van der Waals surface area contributed by atoms with Gasteiger partial charge in [0, 0.05) is 19.6 Å². The van der Waals surface area contributed by atoms with Crippen molar-refractivity contribution in [3.05, 3.63) is 35.4 Å². The van der Waals surface area contributed by atoms with Gasteiger partial charge in [0.1, 0.15) is 12.1 Å². The standard InChI is InChI=1S/C18H21N3O3/c1-12-4-6-13(7-5-12)11-19-10-8-15(16(19)22)21-17(23)14-3-2-9-20(14)18(21)24/h4-7,14-15H,2-3,8-11H2,1H3. The number of urea groups is 1. The van der Waals surface area contributed by atoms with E-state index >= 15 is 0 Å². The van der Waals surface area contributed by atoms with E-state index in [4.69, 9.17) is 0 Å². The molecule has 4 amide bonds. The van der Waals surface area contributed by atoms with E-state index in [1.165, 1.54) is 10.5 Å². The second kappa shape index (κ2) is 5.61. The van der Waals surface area contributed by atoms with Crippen LogP contribution >= 0.6 is 0 Å². The molecule has 0 aromatic heterocycles. The fraction of sp³-hybridized carbons (Fsp3) is 0.500. The number of hydrogen-bond acceptors (Lipinski definition) is 3. The molecule has 0 radical (unpaired) electrons. The van der Waals surface area contributed by atoms with Crippen LogP contribution in [0.15, 0.2) is 24.3 Å². The third kappa shape index (κ3) is 2.28. The number of benzene rings is 1. The van der Waals surface area contributed by atoms with Crippen LogP contribution in [0.5, 0.6) is 0 Å². The fourth-order valence-electron chi connectivity index (χ4n) is 3.97. The smallest absolute Gasteiger partial charge is 0.328 e. The predicted octanol–water partition coefficient (Wildman–Crippen LogP) is 1.52. The Morgan fingerprint density at radius 1 is 0.958 bits per heavy atom. The monoisotopic (exact) mass is 327 g/mol. The molecule has 0 bridgehead atoms. The summed E-state index contributed by atoms with van der Waals surface area (Å²) in [7, 11) is 0. The third-order valence-electron chi connectivity index (χ3n) is 5.30. The van der Waals surface area contributed by atoms with Crippen molar-refractivity contribution in [1.29, 1.82) is 0 Å². The van der Waals surface area contributed by atoms with Crippen LogP contribution in [-0.2, 0) is 16.1 Å². The molecular formula is C18H21N3O3. The van der Waals surface area contributed by atoms with E-state index < -0.39 is 6.04 Å². The molecule has 3 saturated heterocycles. The Hall–Kier alpha value is -2.37. The molecule has 2 atom stereocenters. The summed E-state index contributed by atoms with van der Waals surface area (Å²) in [5.74, 6) is -0.300. The summed E-state index contributed by atoms with van der Waals surface area (Å²) in [6.45, 7) is 3.76. The highest BCUT2D eigenvalue weighted by Crippen LogP contribution is 2.31. The second-order valence-electron chi connectivity index (χ2n) is 6.89. The summed E-state index contributed by atoms with van der Waals surface area (Å²) in [5.41, 5.74) is 2.24. The molecule has 3 aliphatic rings. The minimum Gasteiger partial charge on any atom is -0.336 e. The number of aryl methyl sites for hydroxylation is 1. The van der Waals surface area contributed by atoms with Gasteiger partial charge in [0.2, 0.25) is 5.91 Å². The van der Waals surface area contributed by atoms with Crippen LogP contribution in [0.4, 0.5) is 4.79 Å². The summed E-state index contributed by atoms with van der Waals surface area (Å²) >= 11 is 0. The van der Waals surface area contributed by atoms with Crippen molar-refractivity contribution in [2.24, 2.45) is 0 Å². The van der Waals surface area contributed by atoms with Gasteiger partial charge in [-0.25, -0.2) is 9.69 Å². The van der Waals surface area contributed by atoms with Gasteiger partial charge in [-0.3, -0.25) is 9.59 Å². The Balaban J connectivity index is 1.48. The van der Waals surface area contributed by atoms with Crippen LogP contribution in [-0.4, -0.2) is 57.7 Å². The summed E-state index contributed by atoms with van der Waals surface area (Å²) in [4.78, 5) is 42.3. The maximum absolute atomic E-state index is 12.7. The molecule has 0 saturated carbocycles. The zero-order valence-corrected chi connectivity index (χ0v) is 13.8. The summed E-state index contributed by atoms with van der Waals surface area (Å²) in [6.07, 6.45) is 2.12. The van der Waals surface area contributed by atoms with Gasteiger partial charge >= 0.3 is 6.03 Å². The topological polar surface area (TPSA) is 60.9 Å². The van der Waals surface area contributed by atoms with Gasteiger partial charge in [-0.2, -0.15) is 0 Å². The van der Waals surface area contributed by atoms with E-state index in [1.54, 1.807) is 9.80 Å². The van der Waals surface area contributed by atoms with Gasteiger partial charge in [-0.1, -0.05) is 29.8 Å². The molecule has 3 aliphatic heterocycles. The molecule has 0 aliphatic carbocycles. The van der Waals surface area contributed by atoms with E-state index in [1.807, 2.05) is 31.2 Å². The number of hydrogen-bond donors (Lipinski definition) is 0. The Morgan fingerprint density at radius 2 is 1.71 bits per heavy atom. The highest BCUT2D eigenvalue weighted by Gasteiger charge is 2.53. The Bertz CT molecular complexity index is 678. The van der Waals surface area contributed by atoms with Gasteiger partial charge < -0.3 is 9.80 Å². The first kappa shape index (κ1) is 15.2. The molecular weight excluding hydrogens is 306 g/mol. The third-order valence-corrected chi connectivity index (χ3v) is 5.30. The van der Waals surface area contributed by atoms with Gasteiger partial charge in [0.25, 0.3) is 5.91 Å². The van der Waals surface area contributed by atoms with Crippen LogP contribution < -0.4 is 0 Å². The normalized spacial score (nSPS) is 26.7. The van der Waals surface area contributed by atoms with Crippen LogP contribution in [0.1, 0.15) is 30.4 Å². The zero-order valence-electron chi connectivity index (χ0n) is 13.8. The van der Waals surface area contributed by atoms with Crippen molar-refractivity contribution in [3.63, 3.8) is 0 Å². The Labute approximate surface area is 141 Å². The summed E-state index contributed by atoms with van der Waals surface area (Å²) in [6, 6.07) is 6.83. The van der Waals surface area contributed by atoms with Crippen LogP contribution in [0.25, 0.3) is 0 Å². The zero-order chi connectivity index (χ0) is 16.8. The first-order valence-electron chi connectivity index (χ1n) is 8.54. The van der Waals surface area contributed by atoms with Gasteiger partial charge in [0.15, 0.2) is 0 Å². The van der Waals surface area contributed by atoms with Crippen LogP contribution in [0.2, 0.25) is 0 Å². The van der Waals surface area contributed by atoms with Gasteiger partial charge in [-0.05, 0) is 31.7 Å². The highest BCUT2D eigenvalue weighted by molar-refractivity contribution is 6.08. The van der Waals surface area contributed by atoms with Crippen molar-refractivity contribution < 1.29 is 14.4 Å². The van der Waals surface area contributed by atoms with Crippen LogP contribution in [0.3, 0.4) is 0 Å². The molecule has 126 valence electrons. The lowest BCUT2D eigenvalue weighted by atomic mass is 10.1. The molecule has 6 nitrogen and oxygen atoms in total. The number of likely N-dealkylation sites (tertiary alicyclic amines) is 1. The number of carbonyl (C=O) groups excluding carboxylic acids is 3. The molecule has 4 rings (SSSR count). The Morgan fingerprint density at radius 3 is 2.42 bits per heavy atom. The van der Waals surface area contributed by atoms with Crippen LogP contribution in [0, 0.1) is 6.92 Å². The average molecular weight is 327 g/mol. The number of fused-ring (bicyclic) bond motifs is 1. The first-order valence-corrected chi connectivity index (χ1v) is 8.54. The summed E-state index contributed by atoms with van der Waals surface area (Å²) in [5, 5.41) is 0. The van der Waals surface area contributed by atoms with Crippen molar-refractivity contribution in [1.82, 2.24) is 14.7 Å². The quantitative estimate of drug-likeness (QED) is 0.791. The molecule has 3 fully saturated rings. The van der Waals surface area contributed by atoms with E-state index in [9.17, 15) is 14.4 Å². The van der Waals surface area contributed by atoms with Crippen molar-refractivity contribution in [3.8, 4) is 0 Å². The summed E-state index contributed by atoms with van der Waals surface area (Å²) < 4.78 is 0. The van der Waals surface area contributed by atoms with Crippen molar-refractivity contribution in [2.75, 3.05) is 13.1 Å². The first-order chi connectivity index (χ1) is 11.6. The van der Waals surface area contributed by atoms with E-state index in [0.717, 1.165) is 18.4 Å². The molecule has 2 unspecified atom stereocenters. The van der Waals surface area contributed by atoms with Gasteiger partial charge in [0.05, 0.1) is 0 Å². The minimum atomic E-state index is -0.624. The molecule has 1 aromatic carbocycles. The molecule has 1 aromatic rings.